The third kappa shape index (κ3) is 3.56. The van der Waals surface area contributed by atoms with Crippen molar-refractivity contribution in [3.8, 4) is 5.88 Å². The predicted octanol–water partition coefficient (Wildman–Crippen LogP) is 3.34. The van der Waals surface area contributed by atoms with Gasteiger partial charge in [0.25, 0.3) is 17.4 Å². The van der Waals surface area contributed by atoms with Gasteiger partial charge < -0.3 is 10.1 Å². The van der Waals surface area contributed by atoms with Crippen molar-refractivity contribution in [2.45, 2.75) is 6.54 Å². The molecule has 0 atom stereocenters. The molecule has 3 aromatic rings. The first-order chi connectivity index (χ1) is 14.3. The van der Waals surface area contributed by atoms with Gasteiger partial charge in [0.05, 0.1) is 23.4 Å². The molecule has 1 aromatic heterocycles. The van der Waals surface area contributed by atoms with Crippen LogP contribution in [0.3, 0.4) is 0 Å². The Morgan fingerprint density at radius 2 is 1.73 bits per heavy atom. The average molecular weight is 441 g/mol. The monoisotopic (exact) mass is 440 g/mol. The number of benzene rings is 2. The smallest absolute Gasteiger partial charge is 0.264 e. The number of hydrogen-bond acceptors (Lipinski definition) is 6. The second kappa shape index (κ2) is 7.69. The number of amides is 2. The number of nitrogens with zero attached hydrogens (tertiary/aromatic N) is 2. The van der Waals surface area contributed by atoms with E-state index in [0.717, 1.165) is 4.90 Å². The first-order valence-corrected chi connectivity index (χ1v) is 9.47. The molecule has 0 saturated carbocycles. The Morgan fingerprint density at radius 1 is 1.07 bits per heavy atom. The van der Waals surface area contributed by atoms with Crippen LogP contribution in [0.4, 0.5) is 5.69 Å². The number of H-pyrrole nitrogens is 2. The zero-order valence-corrected chi connectivity index (χ0v) is 16.8. The summed E-state index contributed by atoms with van der Waals surface area (Å²) in [6, 6.07) is 11.4. The van der Waals surface area contributed by atoms with Crippen LogP contribution in [0.2, 0.25) is 5.02 Å². The number of carbonyl (C=O) groups is 2. The Balaban J connectivity index is 1.62. The van der Waals surface area contributed by atoms with Crippen LogP contribution in [-0.4, -0.2) is 38.0 Å². The zero-order chi connectivity index (χ0) is 21.4. The van der Waals surface area contributed by atoms with Crippen molar-refractivity contribution < 1.29 is 14.7 Å². The Hall–Kier alpha value is -3.56. The number of aromatic hydroxyl groups is 1. The SMILES string of the molecule is O=C1c2ccccc2C(=O)N1Cc1cc(N=Cc2c(O)[nH]c(=S)[nH]c2=O)ccc1Cl. The average Bonchev–Trinajstić information content (AvgIpc) is 2.94. The largest absolute Gasteiger partial charge is 0.494 e. The summed E-state index contributed by atoms with van der Waals surface area (Å²) in [7, 11) is 0. The molecule has 3 N–H and O–H groups in total. The van der Waals surface area contributed by atoms with E-state index < -0.39 is 23.3 Å². The summed E-state index contributed by atoms with van der Waals surface area (Å²) in [5.74, 6) is -1.19. The summed E-state index contributed by atoms with van der Waals surface area (Å²) in [4.78, 5) is 47.1. The number of aromatic amines is 2. The molecule has 2 heterocycles. The minimum atomic E-state index is -0.597. The standard InChI is InChI=1S/C20H13ClN4O4S/c21-15-6-5-11(22-8-14-16(26)23-20(30)24-17(14)27)7-10(15)9-25-18(28)12-3-1-2-4-13(12)19(25)29/h1-8H,9H2,(H3,23,24,26,27,30). The number of carbonyl (C=O) groups excluding carboxylic acids is 2. The molecule has 0 fully saturated rings. The third-order valence-corrected chi connectivity index (χ3v) is 5.11. The molecule has 0 unspecified atom stereocenters. The molecule has 0 radical (unpaired) electrons. The van der Waals surface area contributed by atoms with E-state index in [4.69, 9.17) is 23.8 Å². The summed E-state index contributed by atoms with van der Waals surface area (Å²) >= 11 is 11.0. The van der Waals surface area contributed by atoms with Crippen LogP contribution < -0.4 is 5.56 Å². The van der Waals surface area contributed by atoms with Crippen LogP contribution in [0, 0.1) is 4.77 Å². The second-order valence-corrected chi connectivity index (χ2v) is 7.26. The van der Waals surface area contributed by atoms with E-state index in [2.05, 4.69) is 15.0 Å². The molecule has 4 rings (SSSR count). The number of halogens is 1. The van der Waals surface area contributed by atoms with Crippen LogP contribution in [0.5, 0.6) is 5.88 Å². The highest BCUT2D eigenvalue weighted by Gasteiger charge is 2.35. The first-order valence-electron chi connectivity index (χ1n) is 8.68. The maximum Gasteiger partial charge on any atom is 0.264 e. The molecular formula is C20H13ClN4O4S. The highest BCUT2D eigenvalue weighted by molar-refractivity contribution is 7.71. The Morgan fingerprint density at radius 3 is 2.37 bits per heavy atom. The van der Waals surface area contributed by atoms with Crippen molar-refractivity contribution in [3.63, 3.8) is 0 Å². The molecule has 0 saturated heterocycles. The summed E-state index contributed by atoms with van der Waals surface area (Å²) in [6.07, 6.45) is 1.18. The number of fused-ring (bicyclic) bond motifs is 1. The van der Waals surface area contributed by atoms with Gasteiger partial charge in [0.15, 0.2) is 4.77 Å². The number of aliphatic imine (C=N–C) groups is 1. The Kier molecular flexibility index (Phi) is 5.06. The van der Waals surface area contributed by atoms with Gasteiger partial charge in [-0.25, -0.2) is 0 Å². The van der Waals surface area contributed by atoms with Gasteiger partial charge in [-0.3, -0.25) is 29.3 Å². The number of hydrogen-bond donors (Lipinski definition) is 3. The fourth-order valence-electron chi connectivity index (χ4n) is 3.06. The highest BCUT2D eigenvalue weighted by Crippen LogP contribution is 2.28. The van der Waals surface area contributed by atoms with Gasteiger partial charge in [0.1, 0.15) is 5.56 Å². The molecular weight excluding hydrogens is 428 g/mol. The minimum Gasteiger partial charge on any atom is -0.494 e. The Labute approximate surface area is 179 Å². The molecule has 10 heteroatoms. The lowest BCUT2D eigenvalue weighted by Gasteiger charge is -2.15. The molecule has 0 aliphatic carbocycles. The van der Waals surface area contributed by atoms with E-state index in [1.54, 1.807) is 42.5 Å². The molecule has 1 aliphatic heterocycles. The fraction of sp³-hybridized carbons (Fsp3) is 0.0500. The van der Waals surface area contributed by atoms with Crippen molar-refractivity contribution >= 4 is 47.5 Å². The summed E-state index contributed by atoms with van der Waals surface area (Å²) in [5.41, 5.74) is 0.923. The van der Waals surface area contributed by atoms with Crippen molar-refractivity contribution in [3.05, 3.63) is 84.9 Å². The van der Waals surface area contributed by atoms with Crippen molar-refractivity contribution in [1.82, 2.24) is 14.9 Å². The molecule has 30 heavy (non-hydrogen) atoms. The number of nitrogens with one attached hydrogen (secondary N) is 2. The lowest BCUT2D eigenvalue weighted by molar-refractivity contribution is 0.0642. The summed E-state index contributed by atoms with van der Waals surface area (Å²) < 4.78 is -0.00984. The lowest BCUT2D eigenvalue weighted by Crippen LogP contribution is -2.29. The zero-order valence-electron chi connectivity index (χ0n) is 15.2. The third-order valence-electron chi connectivity index (χ3n) is 4.54. The second-order valence-electron chi connectivity index (χ2n) is 6.45. The van der Waals surface area contributed by atoms with E-state index in [0.29, 0.717) is 27.4 Å². The number of aromatic nitrogens is 2. The maximum absolute atomic E-state index is 12.6. The maximum atomic E-state index is 12.6. The number of rotatable bonds is 4. The quantitative estimate of drug-likeness (QED) is 0.326. The fourth-order valence-corrected chi connectivity index (χ4v) is 3.43. The van der Waals surface area contributed by atoms with Gasteiger partial charge in [-0.1, -0.05) is 23.7 Å². The van der Waals surface area contributed by atoms with Crippen molar-refractivity contribution in [2.75, 3.05) is 0 Å². The van der Waals surface area contributed by atoms with Crippen LogP contribution in [0.15, 0.2) is 52.3 Å². The van der Waals surface area contributed by atoms with E-state index in [9.17, 15) is 19.5 Å². The summed E-state index contributed by atoms with van der Waals surface area (Å²) in [5, 5.41) is 10.2. The van der Waals surface area contributed by atoms with E-state index >= 15 is 0 Å². The van der Waals surface area contributed by atoms with Gasteiger partial charge in [-0.05, 0) is 48.1 Å². The van der Waals surface area contributed by atoms with Crippen LogP contribution >= 0.6 is 23.8 Å². The predicted molar refractivity (Wildman–Crippen MR) is 113 cm³/mol. The summed E-state index contributed by atoms with van der Waals surface area (Å²) in [6.45, 7) is -0.0290. The topological polar surface area (TPSA) is 119 Å². The highest BCUT2D eigenvalue weighted by atomic mass is 35.5. The molecule has 2 amide bonds. The van der Waals surface area contributed by atoms with Gasteiger partial charge >= 0.3 is 0 Å². The van der Waals surface area contributed by atoms with Gasteiger partial charge in [0, 0.05) is 11.2 Å². The molecule has 1 aliphatic rings. The van der Waals surface area contributed by atoms with E-state index in [1.807, 2.05) is 0 Å². The van der Waals surface area contributed by atoms with Crippen LogP contribution in [0.1, 0.15) is 31.8 Å². The normalized spacial score (nSPS) is 13.3. The molecule has 0 bridgehead atoms. The van der Waals surface area contributed by atoms with Crippen molar-refractivity contribution in [2.24, 2.45) is 4.99 Å². The minimum absolute atomic E-state index is 0.00984. The first kappa shape index (κ1) is 19.7. The lowest BCUT2D eigenvalue weighted by atomic mass is 10.1. The van der Waals surface area contributed by atoms with Gasteiger partial charge in [0.2, 0.25) is 5.88 Å². The van der Waals surface area contributed by atoms with E-state index in [-0.39, 0.29) is 16.9 Å². The molecule has 8 nitrogen and oxygen atoms in total. The Bertz CT molecular complexity index is 1310. The van der Waals surface area contributed by atoms with Crippen molar-refractivity contribution in [1.29, 1.82) is 0 Å². The number of imide groups is 1. The molecule has 2 aromatic carbocycles. The van der Waals surface area contributed by atoms with Gasteiger partial charge in [-0.15, -0.1) is 0 Å². The van der Waals surface area contributed by atoms with Gasteiger partial charge in [-0.2, -0.15) is 0 Å². The molecule has 150 valence electrons. The van der Waals surface area contributed by atoms with Crippen LogP contribution in [0.25, 0.3) is 0 Å². The molecule has 0 spiro atoms. The van der Waals surface area contributed by atoms with Crippen LogP contribution in [-0.2, 0) is 6.54 Å². The van der Waals surface area contributed by atoms with E-state index in [1.165, 1.54) is 6.21 Å².